The van der Waals surface area contributed by atoms with Gasteiger partial charge in [-0.15, -0.1) is 0 Å². The fourth-order valence-corrected chi connectivity index (χ4v) is 1.65. The minimum atomic E-state index is -1.14. The molecule has 1 aromatic rings. The molecule has 5 nitrogen and oxygen atoms in total. The Labute approximate surface area is 118 Å². The van der Waals surface area contributed by atoms with Crippen molar-refractivity contribution in [1.29, 1.82) is 0 Å². The van der Waals surface area contributed by atoms with Crippen LogP contribution in [0.25, 0.3) is 0 Å². The molecule has 0 radical (unpaired) electrons. The molecule has 0 bridgehead atoms. The van der Waals surface area contributed by atoms with Crippen LogP contribution in [-0.2, 0) is 16.0 Å². The molecule has 20 heavy (non-hydrogen) atoms. The van der Waals surface area contributed by atoms with Crippen molar-refractivity contribution in [3.63, 3.8) is 0 Å². The van der Waals surface area contributed by atoms with Gasteiger partial charge >= 0.3 is 5.97 Å². The van der Waals surface area contributed by atoms with E-state index < -0.39 is 23.5 Å². The molecule has 1 atom stereocenters. The van der Waals surface area contributed by atoms with E-state index in [2.05, 4.69) is 5.32 Å². The van der Waals surface area contributed by atoms with E-state index in [1.54, 1.807) is 19.9 Å². The average Bonchev–Trinajstić information content (AvgIpc) is 2.38. The number of carboxylic acid groups (broad SMARTS) is 1. The van der Waals surface area contributed by atoms with E-state index in [9.17, 15) is 9.59 Å². The fourth-order valence-electron chi connectivity index (χ4n) is 1.65. The van der Waals surface area contributed by atoms with Crippen molar-refractivity contribution in [2.75, 3.05) is 0 Å². The van der Waals surface area contributed by atoms with E-state index in [0.717, 1.165) is 12.0 Å². The standard InChI is InChI=1S/C15H21NO4/c1-5-11-8-6-7-9-12(11)20-15(3,4)14(19)16-10(2)13(17)18/h6-10H,5H2,1-4H3,(H,16,19)(H,17,18). The van der Waals surface area contributed by atoms with Crippen LogP contribution < -0.4 is 10.1 Å². The second-order valence-electron chi connectivity index (χ2n) is 5.11. The number of nitrogens with one attached hydrogen (secondary N) is 1. The van der Waals surface area contributed by atoms with Crippen LogP contribution in [0.1, 0.15) is 33.3 Å². The van der Waals surface area contributed by atoms with Crippen molar-refractivity contribution in [1.82, 2.24) is 5.32 Å². The Morgan fingerprint density at radius 3 is 2.50 bits per heavy atom. The van der Waals surface area contributed by atoms with Crippen molar-refractivity contribution in [2.24, 2.45) is 0 Å². The average molecular weight is 279 g/mol. The maximum Gasteiger partial charge on any atom is 0.325 e. The van der Waals surface area contributed by atoms with E-state index in [1.165, 1.54) is 6.92 Å². The van der Waals surface area contributed by atoms with Gasteiger partial charge in [-0.3, -0.25) is 9.59 Å². The van der Waals surface area contributed by atoms with Crippen LogP contribution >= 0.6 is 0 Å². The summed E-state index contributed by atoms with van der Waals surface area (Å²) in [7, 11) is 0. The number of para-hydroxylation sites is 1. The SMILES string of the molecule is CCc1ccccc1OC(C)(C)C(=O)NC(C)C(=O)O. The molecule has 0 saturated heterocycles. The highest BCUT2D eigenvalue weighted by molar-refractivity contribution is 5.88. The zero-order valence-corrected chi connectivity index (χ0v) is 12.3. The van der Waals surface area contributed by atoms with Crippen LogP contribution in [-0.4, -0.2) is 28.6 Å². The third kappa shape index (κ3) is 3.98. The lowest BCUT2D eigenvalue weighted by atomic mass is 10.1. The van der Waals surface area contributed by atoms with Gasteiger partial charge in [0, 0.05) is 0 Å². The normalized spacial score (nSPS) is 12.6. The highest BCUT2D eigenvalue weighted by Crippen LogP contribution is 2.23. The molecular formula is C15H21NO4. The summed E-state index contributed by atoms with van der Waals surface area (Å²) < 4.78 is 5.76. The highest BCUT2D eigenvalue weighted by Gasteiger charge is 2.32. The number of benzene rings is 1. The molecule has 1 aromatic carbocycles. The Hall–Kier alpha value is -2.04. The molecular weight excluding hydrogens is 258 g/mol. The van der Waals surface area contributed by atoms with Gasteiger partial charge in [-0.25, -0.2) is 0 Å². The summed E-state index contributed by atoms with van der Waals surface area (Å²) in [4.78, 5) is 22.8. The molecule has 5 heteroatoms. The summed E-state index contributed by atoms with van der Waals surface area (Å²) in [5.74, 6) is -0.903. The molecule has 1 amide bonds. The van der Waals surface area contributed by atoms with Crippen molar-refractivity contribution < 1.29 is 19.4 Å². The third-order valence-electron chi connectivity index (χ3n) is 2.98. The van der Waals surface area contributed by atoms with Gasteiger partial charge in [-0.05, 0) is 38.8 Å². The van der Waals surface area contributed by atoms with Gasteiger partial charge in [-0.2, -0.15) is 0 Å². The van der Waals surface area contributed by atoms with E-state index in [-0.39, 0.29) is 0 Å². The van der Waals surface area contributed by atoms with Crippen LogP contribution in [0.15, 0.2) is 24.3 Å². The van der Waals surface area contributed by atoms with Crippen molar-refractivity contribution >= 4 is 11.9 Å². The predicted octanol–water partition coefficient (Wildman–Crippen LogP) is 2.00. The zero-order valence-electron chi connectivity index (χ0n) is 12.3. The lowest BCUT2D eigenvalue weighted by molar-refractivity contribution is -0.144. The van der Waals surface area contributed by atoms with Crippen LogP contribution in [0.5, 0.6) is 5.75 Å². The first kappa shape index (κ1) is 16.0. The van der Waals surface area contributed by atoms with Crippen molar-refractivity contribution in [3.05, 3.63) is 29.8 Å². The number of hydrogen-bond acceptors (Lipinski definition) is 3. The Kier molecular flexibility index (Phi) is 5.13. The number of carbonyl (C=O) groups excluding carboxylic acids is 1. The lowest BCUT2D eigenvalue weighted by Gasteiger charge is -2.27. The summed E-state index contributed by atoms with van der Waals surface area (Å²) in [6.07, 6.45) is 0.791. The molecule has 1 unspecified atom stereocenters. The van der Waals surface area contributed by atoms with Crippen molar-refractivity contribution in [3.8, 4) is 5.75 Å². The maximum absolute atomic E-state index is 12.1. The monoisotopic (exact) mass is 279 g/mol. The first-order valence-corrected chi connectivity index (χ1v) is 6.58. The predicted molar refractivity (Wildman–Crippen MR) is 75.8 cm³/mol. The number of carbonyl (C=O) groups is 2. The second kappa shape index (κ2) is 6.41. The summed E-state index contributed by atoms with van der Waals surface area (Å²) >= 11 is 0. The molecule has 0 heterocycles. The van der Waals surface area contributed by atoms with E-state index in [1.807, 2.05) is 25.1 Å². The quantitative estimate of drug-likeness (QED) is 0.835. The molecule has 1 rings (SSSR count). The van der Waals surface area contributed by atoms with Gasteiger partial charge in [0.1, 0.15) is 11.8 Å². The molecule has 0 spiro atoms. The summed E-state index contributed by atoms with van der Waals surface area (Å²) in [6, 6.07) is 6.53. The van der Waals surface area contributed by atoms with Crippen LogP contribution in [0.2, 0.25) is 0 Å². The Bertz CT molecular complexity index is 496. The number of aryl methyl sites for hydroxylation is 1. The van der Waals surface area contributed by atoms with Gasteiger partial charge < -0.3 is 15.2 Å². The largest absolute Gasteiger partial charge is 0.480 e. The minimum Gasteiger partial charge on any atom is -0.480 e. The van der Waals surface area contributed by atoms with E-state index >= 15 is 0 Å². The third-order valence-corrected chi connectivity index (χ3v) is 2.98. The van der Waals surface area contributed by atoms with E-state index in [4.69, 9.17) is 9.84 Å². The van der Waals surface area contributed by atoms with Gasteiger partial charge in [-0.1, -0.05) is 25.1 Å². The highest BCUT2D eigenvalue weighted by atomic mass is 16.5. The maximum atomic E-state index is 12.1. The zero-order chi connectivity index (χ0) is 15.3. The van der Waals surface area contributed by atoms with Crippen LogP contribution in [0.4, 0.5) is 0 Å². The summed E-state index contributed by atoms with van der Waals surface area (Å²) in [5, 5.41) is 11.2. The minimum absolute atomic E-state index is 0.460. The molecule has 0 aliphatic heterocycles. The molecule has 0 aromatic heterocycles. The summed E-state index contributed by atoms with van der Waals surface area (Å²) in [6.45, 7) is 6.64. The number of rotatable bonds is 6. The molecule has 0 saturated carbocycles. The van der Waals surface area contributed by atoms with Gasteiger partial charge in [0.2, 0.25) is 0 Å². The number of carboxylic acids is 1. The fraction of sp³-hybridized carbons (Fsp3) is 0.467. The molecule has 2 N–H and O–H groups in total. The van der Waals surface area contributed by atoms with Gasteiger partial charge in [0.15, 0.2) is 5.60 Å². The summed E-state index contributed by atoms with van der Waals surface area (Å²) in [5.41, 5.74) is -0.144. The molecule has 0 aliphatic rings. The Morgan fingerprint density at radius 1 is 1.35 bits per heavy atom. The first-order valence-electron chi connectivity index (χ1n) is 6.58. The van der Waals surface area contributed by atoms with E-state index in [0.29, 0.717) is 5.75 Å². The molecule has 0 aliphatic carbocycles. The second-order valence-corrected chi connectivity index (χ2v) is 5.11. The molecule has 0 fully saturated rings. The lowest BCUT2D eigenvalue weighted by Crippen LogP contribution is -2.51. The number of ether oxygens (including phenoxy) is 1. The van der Waals surface area contributed by atoms with Gasteiger partial charge in [0.25, 0.3) is 5.91 Å². The topological polar surface area (TPSA) is 75.6 Å². The van der Waals surface area contributed by atoms with Crippen LogP contribution in [0, 0.1) is 0 Å². The van der Waals surface area contributed by atoms with Crippen molar-refractivity contribution in [2.45, 2.75) is 45.8 Å². The smallest absolute Gasteiger partial charge is 0.325 e. The molecule has 110 valence electrons. The Balaban J connectivity index is 2.83. The van der Waals surface area contributed by atoms with Crippen LogP contribution in [0.3, 0.4) is 0 Å². The number of hydrogen-bond donors (Lipinski definition) is 2. The Morgan fingerprint density at radius 2 is 1.95 bits per heavy atom. The van der Waals surface area contributed by atoms with Gasteiger partial charge in [0.05, 0.1) is 0 Å². The number of amides is 1. The first-order chi connectivity index (χ1) is 9.27. The number of aliphatic carboxylic acids is 1.